The smallest absolute Gasteiger partial charge is 0.348 e. The van der Waals surface area contributed by atoms with Crippen molar-refractivity contribution in [2.45, 2.75) is 13.5 Å². The number of carbonyl (C=O) groups excluding carboxylic acids is 1. The van der Waals surface area contributed by atoms with Crippen LogP contribution in [0.1, 0.15) is 21.1 Å². The second-order valence-electron chi connectivity index (χ2n) is 5.28. The summed E-state index contributed by atoms with van der Waals surface area (Å²) in [5, 5.41) is 0.478. The second kappa shape index (κ2) is 6.15. The number of methoxy groups -OCH3 is 1. The van der Waals surface area contributed by atoms with Gasteiger partial charge in [0.05, 0.1) is 25.7 Å². The molecule has 22 heavy (non-hydrogen) atoms. The van der Waals surface area contributed by atoms with Crippen molar-refractivity contribution in [3.63, 3.8) is 0 Å². The first-order chi connectivity index (χ1) is 10.6. The molecule has 0 unspecified atom stereocenters. The van der Waals surface area contributed by atoms with Gasteiger partial charge >= 0.3 is 5.97 Å². The van der Waals surface area contributed by atoms with E-state index in [1.807, 2.05) is 0 Å². The van der Waals surface area contributed by atoms with Gasteiger partial charge in [0.2, 0.25) is 0 Å². The van der Waals surface area contributed by atoms with E-state index in [1.54, 1.807) is 6.92 Å². The molecule has 0 spiro atoms. The Bertz CT molecular complexity index is 761. The molecule has 0 aromatic carbocycles. The largest absolute Gasteiger partial charge is 0.465 e. The molecule has 1 aliphatic heterocycles. The van der Waals surface area contributed by atoms with E-state index in [1.165, 1.54) is 23.3 Å². The Hall–Kier alpha value is -1.77. The first kappa shape index (κ1) is 15.1. The van der Waals surface area contributed by atoms with Crippen molar-refractivity contribution < 1.29 is 19.2 Å². The van der Waals surface area contributed by atoms with Crippen LogP contribution in [-0.2, 0) is 16.0 Å². The predicted octanol–water partition coefficient (Wildman–Crippen LogP) is -0.505. The number of hydrogen-bond donors (Lipinski definition) is 2. The van der Waals surface area contributed by atoms with Crippen molar-refractivity contribution in [3.8, 4) is 0 Å². The van der Waals surface area contributed by atoms with Crippen LogP contribution in [0.25, 0.3) is 10.2 Å². The van der Waals surface area contributed by atoms with Crippen LogP contribution in [0.4, 0.5) is 0 Å². The Kier molecular flexibility index (Phi) is 4.23. The lowest BCUT2D eigenvalue weighted by molar-refractivity contribution is -0.922. The fourth-order valence-electron chi connectivity index (χ4n) is 2.63. The van der Waals surface area contributed by atoms with Gasteiger partial charge in [-0.1, -0.05) is 0 Å². The number of aromatic nitrogens is 2. The number of esters is 1. The number of rotatable bonds is 3. The topological polar surface area (TPSA) is 85.7 Å². The number of nitrogens with zero attached hydrogens (tertiary/aromatic N) is 1. The molecular formula is C14H18N3O4S+. The van der Waals surface area contributed by atoms with Crippen LogP contribution in [0.2, 0.25) is 0 Å². The zero-order chi connectivity index (χ0) is 15.7. The zero-order valence-corrected chi connectivity index (χ0v) is 13.3. The molecule has 0 atom stereocenters. The van der Waals surface area contributed by atoms with Crippen molar-refractivity contribution in [3.05, 3.63) is 26.6 Å². The molecule has 0 saturated carbocycles. The number of aryl methyl sites for hydroxylation is 1. The molecule has 0 radical (unpaired) electrons. The van der Waals surface area contributed by atoms with Crippen LogP contribution >= 0.6 is 11.3 Å². The van der Waals surface area contributed by atoms with Crippen LogP contribution in [0.5, 0.6) is 0 Å². The highest BCUT2D eigenvalue weighted by Crippen LogP contribution is 2.27. The molecule has 0 amide bonds. The second-order valence-corrected chi connectivity index (χ2v) is 6.28. The number of thiophene rings is 1. The molecular weight excluding hydrogens is 306 g/mol. The minimum absolute atomic E-state index is 0.198. The van der Waals surface area contributed by atoms with E-state index in [2.05, 4.69) is 9.97 Å². The molecule has 1 aliphatic rings. The lowest BCUT2D eigenvalue weighted by Gasteiger charge is -2.22. The Balaban J connectivity index is 1.97. The lowest BCUT2D eigenvalue weighted by atomic mass is 10.2. The molecule has 7 nitrogen and oxygen atoms in total. The molecule has 2 aromatic heterocycles. The third-order valence-electron chi connectivity index (χ3n) is 3.84. The highest BCUT2D eigenvalue weighted by Gasteiger charge is 2.21. The van der Waals surface area contributed by atoms with Gasteiger partial charge in [-0.15, -0.1) is 11.3 Å². The summed E-state index contributed by atoms with van der Waals surface area (Å²) in [5.74, 6) is 0.215. The summed E-state index contributed by atoms with van der Waals surface area (Å²) in [7, 11) is 1.33. The highest BCUT2D eigenvalue weighted by atomic mass is 32.1. The molecule has 2 aromatic rings. The lowest BCUT2D eigenvalue weighted by Crippen LogP contribution is -3.12. The van der Waals surface area contributed by atoms with Crippen LogP contribution in [0, 0.1) is 6.92 Å². The van der Waals surface area contributed by atoms with Crippen LogP contribution in [0.3, 0.4) is 0 Å². The number of H-pyrrole nitrogens is 1. The van der Waals surface area contributed by atoms with Gasteiger partial charge in [0.1, 0.15) is 29.3 Å². The van der Waals surface area contributed by atoms with Gasteiger partial charge < -0.3 is 19.4 Å². The van der Waals surface area contributed by atoms with E-state index in [4.69, 9.17) is 9.47 Å². The average molecular weight is 324 g/mol. The van der Waals surface area contributed by atoms with E-state index in [0.717, 1.165) is 26.3 Å². The van der Waals surface area contributed by atoms with Crippen molar-refractivity contribution >= 4 is 27.5 Å². The Morgan fingerprint density at radius 1 is 1.45 bits per heavy atom. The molecule has 1 fully saturated rings. The maximum absolute atomic E-state index is 12.3. The summed E-state index contributed by atoms with van der Waals surface area (Å²) in [5.41, 5.74) is 0.433. The Morgan fingerprint density at radius 3 is 2.86 bits per heavy atom. The molecule has 3 rings (SSSR count). The summed E-state index contributed by atoms with van der Waals surface area (Å²) in [6, 6.07) is 0. The van der Waals surface area contributed by atoms with Crippen LogP contribution < -0.4 is 10.5 Å². The highest BCUT2D eigenvalue weighted by molar-refractivity contribution is 7.20. The Morgan fingerprint density at radius 2 is 2.18 bits per heavy atom. The van der Waals surface area contributed by atoms with Gasteiger partial charge in [0.15, 0.2) is 5.82 Å². The van der Waals surface area contributed by atoms with Crippen molar-refractivity contribution in [1.29, 1.82) is 0 Å². The molecule has 3 heterocycles. The van der Waals surface area contributed by atoms with Crippen molar-refractivity contribution in [1.82, 2.24) is 9.97 Å². The maximum Gasteiger partial charge on any atom is 0.348 e. The van der Waals surface area contributed by atoms with Crippen LogP contribution in [0.15, 0.2) is 4.79 Å². The number of fused-ring (bicyclic) bond motifs is 1. The summed E-state index contributed by atoms with van der Waals surface area (Å²) in [6.45, 7) is 5.66. The number of carbonyl (C=O) groups is 1. The molecule has 2 N–H and O–H groups in total. The van der Waals surface area contributed by atoms with Crippen molar-refractivity contribution in [2.75, 3.05) is 33.4 Å². The summed E-state index contributed by atoms with van der Waals surface area (Å²) in [6.07, 6.45) is 0. The maximum atomic E-state index is 12.3. The monoisotopic (exact) mass is 324 g/mol. The van der Waals surface area contributed by atoms with Gasteiger partial charge in [0, 0.05) is 0 Å². The van der Waals surface area contributed by atoms with Crippen molar-refractivity contribution in [2.24, 2.45) is 0 Å². The molecule has 8 heteroatoms. The summed E-state index contributed by atoms with van der Waals surface area (Å²) < 4.78 is 10.1. The van der Waals surface area contributed by atoms with Gasteiger partial charge in [-0.3, -0.25) is 4.79 Å². The number of nitrogens with one attached hydrogen (secondary N) is 2. The van der Waals surface area contributed by atoms with E-state index in [9.17, 15) is 9.59 Å². The third kappa shape index (κ3) is 2.77. The van der Waals surface area contributed by atoms with E-state index < -0.39 is 5.97 Å². The number of morpholine rings is 1. The van der Waals surface area contributed by atoms with Gasteiger partial charge in [0.25, 0.3) is 5.56 Å². The minimum Gasteiger partial charge on any atom is -0.465 e. The van der Waals surface area contributed by atoms with E-state index >= 15 is 0 Å². The average Bonchev–Trinajstić information content (AvgIpc) is 2.85. The zero-order valence-electron chi connectivity index (χ0n) is 12.5. The van der Waals surface area contributed by atoms with Gasteiger partial charge in [-0.25, -0.2) is 9.78 Å². The first-order valence-corrected chi connectivity index (χ1v) is 7.93. The fraction of sp³-hybridized carbons (Fsp3) is 0.500. The summed E-state index contributed by atoms with van der Waals surface area (Å²) >= 11 is 1.21. The molecule has 1 saturated heterocycles. The number of ether oxygens (including phenoxy) is 2. The van der Waals surface area contributed by atoms with E-state index in [0.29, 0.717) is 33.0 Å². The third-order valence-corrected chi connectivity index (χ3v) is 5.00. The van der Waals surface area contributed by atoms with Gasteiger partial charge in [-0.05, 0) is 12.5 Å². The standard InChI is InChI=1S/C14H17N3O4S/c1-8-10-12(18)15-9(7-17-3-5-21-6-4-17)16-13(10)22-11(8)14(19)20-2/h3-7H2,1-2H3,(H,15,16,18)/p+1. The fourth-order valence-corrected chi connectivity index (χ4v) is 3.75. The molecule has 118 valence electrons. The molecule has 0 aliphatic carbocycles. The quantitative estimate of drug-likeness (QED) is 0.743. The number of quaternary nitrogens is 1. The Labute approximate surface area is 130 Å². The SMILES string of the molecule is COC(=O)c1sc2nc(C[NH+]3CCOCC3)[nH]c(=O)c2c1C. The predicted molar refractivity (Wildman–Crippen MR) is 81.5 cm³/mol. The number of hydrogen-bond acceptors (Lipinski definition) is 6. The normalized spacial score (nSPS) is 16.1. The molecule has 0 bridgehead atoms. The van der Waals surface area contributed by atoms with Crippen LogP contribution in [-0.4, -0.2) is 49.4 Å². The van der Waals surface area contributed by atoms with Gasteiger partial charge in [-0.2, -0.15) is 0 Å². The minimum atomic E-state index is -0.430. The van der Waals surface area contributed by atoms with E-state index in [-0.39, 0.29) is 5.56 Å². The first-order valence-electron chi connectivity index (χ1n) is 7.12. The summed E-state index contributed by atoms with van der Waals surface area (Å²) in [4.78, 5) is 33.8. The number of aromatic amines is 1.